The number of amides is 1. The van der Waals surface area contributed by atoms with Crippen molar-refractivity contribution in [2.45, 2.75) is 43.5 Å². The van der Waals surface area contributed by atoms with Gasteiger partial charge in [-0.05, 0) is 24.1 Å². The number of unbranched alkanes of at least 4 members (excludes halogenated alkanes) is 2. The average Bonchev–Trinajstić information content (AvgIpc) is 2.66. The second-order valence-electron chi connectivity index (χ2n) is 5.11. The molecule has 0 radical (unpaired) electrons. The summed E-state index contributed by atoms with van der Waals surface area (Å²) in [5, 5.41) is 0. The van der Waals surface area contributed by atoms with Gasteiger partial charge in [-0.1, -0.05) is 32.3 Å². The van der Waals surface area contributed by atoms with Crippen LogP contribution in [-0.2, 0) is 4.79 Å². The van der Waals surface area contributed by atoms with Gasteiger partial charge >= 0.3 is 0 Å². The molecule has 0 aromatic heterocycles. The van der Waals surface area contributed by atoms with Crippen molar-refractivity contribution in [3.05, 3.63) is 23.8 Å². The molecule has 0 aliphatic carbocycles. The molecule has 0 spiro atoms. The maximum absolute atomic E-state index is 11.4. The van der Waals surface area contributed by atoms with Crippen LogP contribution in [0.25, 0.3) is 0 Å². The van der Waals surface area contributed by atoms with Crippen molar-refractivity contribution >= 4 is 18.2 Å². The van der Waals surface area contributed by atoms with Gasteiger partial charge in [0.15, 0.2) is 0 Å². The molecule has 1 aromatic rings. The van der Waals surface area contributed by atoms with E-state index in [1.165, 1.54) is 29.7 Å². The lowest BCUT2D eigenvalue weighted by Crippen LogP contribution is -2.28. The number of thioether (sulfide) groups is 1. The maximum Gasteiger partial charge on any atom is 0.210 e. The summed E-state index contributed by atoms with van der Waals surface area (Å²) in [4.78, 5) is 14.6. The molecule has 20 heavy (non-hydrogen) atoms. The Morgan fingerprint density at radius 3 is 3.00 bits per heavy atom. The molecule has 0 saturated heterocycles. The fourth-order valence-electron chi connectivity index (χ4n) is 2.67. The molecule has 1 aliphatic rings. The van der Waals surface area contributed by atoms with E-state index in [1.807, 2.05) is 22.7 Å². The lowest BCUT2D eigenvalue weighted by atomic mass is 9.99. The molecule has 0 N–H and O–H groups in total. The normalized spacial score (nSPS) is 18.3. The Morgan fingerprint density at radius 2 is 2.30 bits per heavy atom. The summed E-state index contributed by atoms with van der Waals surface area (Å²) in [6.45, 7) is 3.03. The SMILES string of the molecule is CCCCCC1c2ccc(OC)cc2SCCN1C=O. The molecular formula is C16H23NO2S. The molecule has 1 unspecified atom stereocenters. The van der Waals surface area contributed by atoms with Crippen LogP contribution in [0.2, 0.25) is 0 Å². The number of benzene rings is 1. The topological polar surface area (TPSA) is 29.5 Å². The molecule has 0 saturated carbocycles. The molecule has 0 fully saturated rings. The van der Waals surface area contributed by atoms with Gasteiger partial charge in [0, 0.05) is 17.2 Å². The van der Waals surface area contributed by atoms with E-state index < -0.39 is 0 Å². The Bertz CT molecular complexity index is 450. The van der Waals surface area contributed by atoms with Gasteiger partial charge in [-0.3, -0.25) is 4.79 Å². The first-order chi connectivity index (χ1) is 9.80. The average molecular weight is 293 g/mol. The van der Waals surface area contributed by atoms with E-state index in [4.69, 9.17) is 4.74 Å². The first-order valence-electron chi connectivity index (χ1n) is 7.32. The van der Waals surface area contributed by atoms with E-state index in [1.54, 1.807) is 7.11 Å². The predicted octanol–water partition coefficient (Wildman–Crippen LogP) is 3.88. The third-order valence-electron chi connectivity index (χ3n) is 3.80. The van der Waals surface area contributed by atoms with Gasteiger partial charge in [0.05, 0.1) is 13.2 Å². The number of carbonyl (C=O) groups excluding carboxylic acids is 1. The van der Waals surface area contributed by atoms with Crippen LogP contribution < -0.4 is 4.74 Å². The van der Waals surface area contributed by atoms with E-state index in [0.29, 0.717) is 0 Å². The van der Waals surface area contributed by atoms with E-state index in [2.05, 4.69) is 19.1 Å². The van der Waals surface area contributed by atoms with Crippen LogP contribution in [0.15, 0.2) is 23.1 Å². The smallest absolute Gasteiger partial charge is 0.210 e. The molecular weight excluding hydrogens is 270 g/mol. The Hall–Kier alpha value is -1.16. The van der Waals surface area contributed by atoms with Gasteiger partial charge < -0.3 is 9.64 Å². The van der Waals surface area contributed by atoms with Crippen molar-refractivity contribution in [3.63, 3.8) is 0 Å². The minimum absolute atomic E-state index is 0.218. The zero-order valence-corrected chi connectivity index (χ0v) is 13.1. The quantitative estimate of drug-likeness (QED) is 0.589. The second-order valence-corrected chi connectivity index (χ2v) is 6.24. The summed E-state index contributed by atoms with van der Waals surface area (Å²) in [7, 11) is 1.69. The third kappa shape index (κ3) is 3.48. The monoisotopic (exact) mass is 293 g/mol. The molecule has 1 aliphatic heterocycles. The summed E-state index contributed by atoms with van der Waals surface area (Å²) in [5.41, 5.74) is 1.27. The number of fused-ring (bicyclic) bond motifs is 1. The minimum Gasteiger partial charge on any atom is -0.497 e. The van der Waals surface area contributed by atoms with Crippen LogP contribution in [0.5, 0.6) is 5.75 Å². The Labute approximate surface area is 125 Å². The van der Waals surface area contributed by atoms with Crippen LogP contribution in [0.3, 0.4) is 0 Å². The van der Waals surface area contributed by atoms with Crippen molar-refractivity contribution < 1.29 is 9.53 Å². The first kappa shape index (κ1) is 15.2. The second kappa shape index (κ2) is 7.58. The molecule has 110 valence electrons. The van der Waals surface area contributed by atoms with Crippen molar-refractivity contribution in [2.24, 2.45) is 0 Å². The standard InChI is InChI=1S/C16H23NO2S/c1-3-4-5-6-15-14-8-7-13(19-2)11-16(14)20-10-9-17(15)12-18/h7-8,11-12,15H,3-6,9-10H2,1-2H3. The van der Waals surface area contributed by atoms with E-state index in [0.717, 1.165) is 30.9 Å². The maximum atomic E-state index is 11.4. The van der Waals surface area contributed by atoms with Crippen LogP contribution in [0.4, 0.5) is 0 Å². The summed E-state index contributed by atoms with van der Waals surface area (Å²) in [5.74, 6) is 1.84. The molecule has 1 heterocycles. The number of hydrogen-bond acceptors (Lipinski definition) is 3. The minimum atomic E-state index is 0.218. The van der Waals surface area contributed by atoms with Crippen molar-refractivity contribution in [2.75, 3.05) is 19.4 Å². The largest absolute Gasteiger partial charge is 0.497 e. The zero-order chi connectivity index (χ0) is 14.4. The van der Waals surface area contributed by atoms with E-state index in [-0.39, 0.29) is 6.04 Å². The van der Waals surface area contributed by atoms with E-state index >= 15 is 0 Å². The molecule has 3 nitrogen and oxygen atoms in total. The zero-order valence-electron chi connectivity index (χ0n) is 12.3. The van der Waals surface area contributed by atoms with Crippen molar-refractivity contribution in [1.82, 2.24) is 4.90 Å². The van der Waals surface area contributed by atoms with Gasteiger partial charge in [-0.25, -0.2) is 0 Å². The Balaban J connectivity index is 2.26. The van der Waals surface area contributed by atoms with E-state index in [9.17, 15) is 4.79 Å². The number of methoxy groups -OCH3 is 1. The summed E-state index contributed by atoms with van der Waals surface area (Å²) < 4.78 is 5.31. The Morgan fingerprint density at radius 1 is 1.45 bits per heavy atom. The van der Waals surface area contributed by atoms with Gasteiger partial charge in [-0.15, -0.1) is 11.8 Å². The first-order valence-corrected chi connectivity index (χ1v) is 8.30. The van der Waals surface area contributed by atoms with Crippen molar-refractivity contribution in [3.8, 4) is 5.75 Å². The lowest BCUT2D eigenvalue weighted by Gasteiger charge is -2.27. The van der Waals surface area contributed by atoms with Gasteiger partial charge in [0.25, 0.3) is 0 Å². The number of nitrogens with zero attached hydrogens (tertiary/aromatic N) is 1. The molecule has 1 amide bonds. The Kier molecular flexibility index (Phi) is 5.77. The third-order valence-corrected chi connectivity index (χ3v) is 4.85. The highest BCUT2D eigenvalue weighted by molar-refractivity contribution is 7.99. The number of ether oxygens (including phenoxy) is 1. The van der Waals surface area contributed by atoms with Gasteiger partial charge in [-0.2, -0.15) is 0 Å². The number of rotatable bonds is 6. The molecule has 1 aromatic carbocycles. The molecule has 1 atom stereocenters. The highest BCUT2D eigenvalue weighted by Gasteiger charge is 2.24. The fraction of sp³-hybridized carbons (Fsp3) is 0.562. The number of carbonyl (C=O) groups is 1. The van der Waals surface area contributed by atoms with Crippen LogP contribution >= 0.6 is 11.8 Å². The van der Waals surface area contributed by atoms with Crippen LogP contribution in [0.1, 0.15) is 44.2 Å². The molecule has 4 heteroatoms. The van der Waals surface area contributed by atoms with Crippen LogP contribution in [0, 0.1) is 0 Å². The fourth-order valence-corrected chi connectivity index (χ4v) is 3.76. The van der Waals surface area contributed by atoms with Gasteiger partial charge in [0.2, 0.25) is 6.41 Å². The summed E-state index contributed by atoms with van der Waals surface area (Å²) in [6.07, 6.45) is 5.66. The van der Waals surface area contributed by atoms with Gasteiger partial charge in [0.1, 0.15) is 5.75 Å². The number of hydrogen-bond donors (Lipinski definition) is 0. The lowest BCUT2D eigenvalue weighted by molar-refractivity contribution is -0.120. The predicted molar refractivity (Wildman–Crippen MR) is 83.4 cm³/mol. The summed E-state index contributed by atoms with van der Waals surface area (Å²) >= 11 is 1.82. The summed E-state index contributed by atoms with van der Waals surface area (Å²) in [6, 6.07) is 6.44. The highest BCUT2D eigenvalue weighted by Crippen LogP contribution is 2.38. The van der Waals surface area contributed by atoms with Crippen LogP contribution in [-0.4, -0.2) is 30.7 Å². The molecule has 2 rings (SSSR count). The van der Waals surface area contributed by atoms with Crippen molar-refractivity contribution in [1.29, 1.82) is 0 Å². The highest BCUT2D eigenvalue weighted by atomic mass is 32.2. The molecule has 0 bridgehead atoms.